The smallest absolute Gasteiger partial charge is 0.422 e. The number of rotatable bonds is 3. The van der Waals surface area contributed by atoms with Crippen LogP contribution in [0.3, 0.4) is 0 Å². The monoisotopic (exact) mass is 261 g/mol. The van der Waals surface area contributed by atoms with Gasteiger partial charge in [0.05, 0.1) is 0 Å². The van der Waals surface area contributed by atoms with Gasteiger partial charge in [-0.2, -0.15) is 13.2 Å². The van der Waals surface area contributed by atoms with Gasteiger partial charge in [0.25, 0.3) is 0 Å². The van der Waals surface area contributed by atoms with Crippen molar-refractivity contribution < 1.29 is 27.5 Å². The number of anilines is 1. The zero-order valence-corrected chi connectivity index (χ0v) is 9.38. The second-order valence-corrected chi connectivity index (χ2v) is 3.45. The van der Waals surface area contributed by atoms with Crippen LogP contribution in [0.1, 0.15) is 17.3 Å². The molecule has 4 nitrogen and oxygen atoms in total. The van der Waals surface area contributed by atoms with Gasteiger partial charge >= 0.3 is 12.3 Å². The largest absolute Gasteiger partial charge is 0.440 e. The Labute approximate surface area is 101 Å². The summed E-state index contributed by atoms with van der Waals surface area (Å²) in [5.41, 5.74) is 0.677. The molecule has 1 aromatic carbocycles. The van der Waals surface area contributed by atoms with E-state index in [1.165, 1.54) is 31.2 Å². The third-order valence-corrected chi connectivity index (χ3v) is 1.90. The molecular weight excluding hydrogens is 251 g/mol. The van der Waals surface area contributed by atoms with E-state index in [-0.39, 0.29) is 11.5 Å². The molecular formula is C11H10F3NO3. The van der Waals surface area contributed by atoms with Crippen LogP contribution >= 0.6 is 0 Å². The lowest BCUT2D eigenvalue weighted by molar-refractivity contribution is -0.159. The summed E-state index contributed by atoms with van der Waals surface area (Å²) in [5, 5.41) is 2.11. The number of carbonyl (C=O) groups is 2. The molecule has 0 saturated carbocycles. The lowest BCUT2D eigenvalue weighted by atomic mass is 10.1. The van der Waals surface area contributed by atoms with E-state index in [2.05, 4.69) is 10.1 Å². The molecule has 0 saturated heterocycles. The number of amides is 1. The molecule has 0 aromatic heterocycles. The van der Waals surface area contributed by atoms with E-state index in [0.29, 0.717) is 5.56 Å². The Morgan fingerprint density at radius 1 is 1.22 bits per heavy atom. The Morgan fingerprint density at radius 2 is 1.78 bits per heavy atom. The predicted molar refractivity (Wildman–Crippen MR) is 57.5 cm³/mol. The highest BCUT2D eigenvalue weighted by Crippen LogP contribution is 2.15. The molecule has 1 rings (SSSR count). The van der Waals surface area contributed by atoms with Crippen LogP contribution in [0.15, 0.2) is 24.3 Å². The number of hydrogen-bond acceptors (Lipinski definition) is 3. The second kappa shape index (κ2) is 5.52. The molecule has 18 heavy (non-hydrogen) atoms. The standard InChI is InChI=1S/C11H10F3NO3/c1-7(16)8-2-4-9(5-3-8)15-10(17)18-6-11(12,13)14/h2-5H,6H2,1H3,(H,15,17). The van der Waals surface area contributed by atoms with Crippen LogP contribution in [-0.2, 0) is 4.74 Å². The lowest BCUT2D eigenvalue weighted by Crippen LogP contribution is -2.23. The Kier molecular flexibility index (Phi) is 4.30. The van der Waals surface area contributed by atoms with Gasteiger partial charge in [-0.3, -0.25) is 10.1 Å². The molecule has 98 valence electrons. The number of ether oxygens (including phenoxy) is 1. The number of carbonyl (C=O) groups excluding carboxylic acids is 2. The highest BCUT2D eigenvalue weighted by Gasteiger charge is 2.29. The van der Waals surface area contributed by atoms with E-state index in [1.54, 1.807) is 0 Å². The van der Waals surface area contributed by atoms with Crippen LogP contribution in [0.4, 0.5) is 23.7 Å². The summed E-state index contributed by atoms with van der Waals surface area (Å²) >= 11 is 0. The van der Waals surface area contributed by atoms with Crippen LogP contribution in [0.5, 0.6) is 0 Å². The summed E-state index contributed by atoms with van der Waals surface area (Å²) in [6.45, 7) is -0.273. The molecule has 0 aliphatic heterocycles. The number of nitrogens with one attached hydrogen (secondary N) is 1. The lowest BCUT2D eigenvalue weighted by Gasteiger charge is -2.09. The molecule has 0 radical (unpaired) electrons. The summed E-state index contributed by atoms with van der Waals surface area (Å²) in [6, 6.07) is 5.68. The zero-order chi connectivity index (χ0) is 13.8. The molecule has 0 aliphatic carbocycles. The molecule has 0 fully saturated rings. The molecule has 0 heterocycles. The van der Waals surface area contributed by atoms with Crippen molar-refractivity contribution in [2.75, 3.05) is 11.9 Å². The highest BCUT2D eigenvalue weighted by atomic mass is 19.4. The summed E-state index contributed by atoms with van der Waals surface area (Å²) in [7, 11) is 0. The third kappa shape index (κ3) is 4.86. The van der Waals surface area contributed by atoms with Gasteiger partial charge in [-0.05, 0) is 31.2 Å². The number of benzene rings is 1. The van der Waals surface area contributed by atoms with Crippen molar-refractivity contribution in [1.29, 1.82) is 0 Å². The van der Waals surface area contributed by atoms with E-state index < -0.39 is 18.9 Å². The van der Waals surface area contributed by atoms with Crippen molar-refractivity contribution in [1.82, 2.24) is 0 Å². The van der Waals surface area contributed by atoms with Crippen LogP contribution < -0.4 is 5.32 Å². The summed E-state index contributed by atoms with van der Waals surface area (Å²) in [6.07, 6.45) is -5.77. The van der Waals surface area contributed by atoms with Crippen molar-refractivity contribution in [3.05, 3.63) is 29.8 Å². The quantitative estimate of drug-likeness (QED) is 0.851. The molecule has 1 amide bonds. The molecule has 0 bridgehead atoms. The van der Waals surface area contributed by atoms with Crippen LogP contribution in [-0.4, -0.2) is 24.7 Å². The van der Waals surface area contributed by atoms with Crippen LogP contribution in [0.25, 0.3) is 0 Å². The van der Waals surface area contributed by atoms with Gasteiger partial charge in [-0.15, -0.1) is 0 Å². The molecule has 0 unspecified atom stereocenters. The summed E-state index contributed by atoms with van der Waals surface area (Å²) in [5.74, 6) is -0.152. The number of Topliss-reactive ketones (excluding diaryl/α,β-unsaturated/α-hetero) is 1. The normalized spacial score (nSPS) is 10.9. The SMILES string of the molecule is CC(=O)c1ccc(NC(=O)OCC(F)(F)F)cc1. The first-order valence-electron chi connectivity index (χ1n) is 4.89. The van der Waals surface area contributed by atoms with Gasteiger partial charge in [-0.1, -0.05) is 0 Å². The summed E-state index contributed by atoms with van der Waals surface area (Å²) in [4.78, 5) is 21.9. The Morgan fingerprint density at radius 3 is 2.22 bits per heavy atom. The van der Waals surface area contributed by atoms with Crippen molar-refractivity contribution >= 4 is 17.6 Å². The molecule has 0 atom stereocenters. The van der Waals surface area contributed by atoms with Gasteiger partial charge in [0.15, 0.2) is 12.4 Å². The number of ketones is 1. The minimum atomic E-state index is -4.56. The molecule has 0 aliphatic rings. The predicted octanol–water partition coefficient (Wildman–Crippen LogP) is 3.00. The van der Waals surface area contributed by atoms with Crippen LogP contribution in [0.2, 0.25) is 0 Å². The number of alkyl halides is 3. The fraction of sp³-hybridized carbons (Fsp3) is 0.273. The van der Waals surface area contributed by atoms with E-state index in [9.17, 15) is 22.8 Å². The topological polar surface area (TPSA) is 55.4 Å². The minimum Gasteiger partial charge on any atom is -0.440 e. The molecule has 1 N–H and O–H groups in total. The fourth-order valence-electron chi connectivity index (χ4n) is 1.09. The average molecular weight is 261 g/mol. The first-order valence-corrected chi connectivity index (χ1v) is 4.89. The van der Waals surface area contributed by atoms with E-state index >= 15 is 0 Å². The number of hydrogen-bond donors (Lipinski definition) is 1. The first-order chi connectivity index (χ1) is 8.28. The van der Waals surface area contributed by atoms with E-state index in [4.69, 9.17) is 0 Å². The van der Waals surface area contributed by atoms with Gasteiger partial charge in [0, 0.05) is 11.3 Å². The number of halogens is 3. The zero-order valence-electron chi connectivity index (χ0n) is 9.38. The minimum absolute atomic E-state index is 0.152. The maximum absolute atomic E-state index is 11.8. The Hall–Kier alpha value is -2.05. The maximum atomic E-state index is 11.8. The Balaban J connectivity index is 2.52. The van der Waals surface area contributed by atoms with Gasteiger partial charge < -0.3 is 4.74 Å². The fourth-order valence-corrected chi connectivity index (χ4v) is 1.09. The second-order valence-electron chi connectivity index (χ2n) is 3.45. The average Bonchev–Trinajstić information content (AvgIpc) is 2.26. The van der Waals surface area contributed by atoms with Gasteiger partial charge in [0.1, 0.15) is 0 Å². The first kappa shape index (κ1) is 14.0. The van der Waals surface area contributed by atoms with Crippen molar-refractivity contribution in [3.8, 4) is 0 Å². The molecule has 7 heteroatoms. The third-order valence-electron chi connectivity index (χ3n) is 1.90. The molecule has 0 spiro atoms. The maximum Gasteiger partial charge on any atom is 0.422 e. The molecule has 1 aromatic rings. The van der Waals surface area contributed by atoms with E-state index in [1.807, 2.05) is 0 Å². The van der Waals surface area contributed by atoms with Gasteiger partial charge in [-0.25, -0.2) is 4.79 Å². The van der Waals surface area contributed by atoms with Crippen molar-refractivity contribution in [2.45, 2.75) is 13.1 Å². The Bertz CT molecular complexity index is 440. The summed E-state index contributed by atoms with van der Waals surface area (Å²) < 4.78 is 39.2. The highest BCUT2D eigenvalue weighted by molar-refractivity contribution is 5.94. The van der Waals surface area contributed by atoms with Gasteiger partial charge in [0.2, 0.25) is 0 Å². The van der Waals surface area contributed by atoms with E-state index in [0.717, 1.165) is 0 Å². The van der Waals surface area contributed by atoms with Crippen molar-refractivity contribution in [2.24, 2.45) is 0 Å². The van der Waals surface area contributed by atoms with Crippen LogP contribution in [0, 0.1) is 0 Å². The van der Waals surface area contributed by atoms with Crippen molar-refractivity contribution in [3.63, 3.8) is 0 Å².